The molecule has 2 aliphatic heterocycles. The number of benzene rings is 4. The van der Waals surface area contributed by atoms with E-state index < -0.39 is 0 Å². The third kappa shape index (κ3) is 4.34. The molecule has 37 heavy (non-hydrogen) atoms. The number of Topliss-reactive ketones (excluding diaryl/α,β-unsaturated/α-hetero) is 1. The maximum Gasteiger partial charge on any atom is 0.198 e. The number of hydrogen-bond donors (Lipinski definition) is 0. The van der Waals surface area contributed by atoms with E-state index in [0.29, 0.717) is 5.84 Å². The Labute approximate surface area is 217 Å². The standard InChI is InChI=1S/C31H30N4O2/c1-22-10-12-27(13-11-22)35-31(29-9-5-7-24-6-3-4-8-28(24)29)34(30(32-35)23(2)36)26-16-14-25(15-17-26)33-18-20-37-21-19-33/h3-17,31H,18-21H2,1-2H3. The molecule has 1 saturated heterocycles. The number of ketones is 1. The number of rotatable bonds is 5. The topological polar surface area (TPSA) is 48.4 Å². The van der Waals surface area contributed by atoms with Gasteiger partial charge in [0.15, 0.2) is 17.8 Å². The zero-order valence-corrected chi connectivity index (χ0v) is 21.2. The summed E-state index contributed by atoms with van der Waals surface area (Å²) >= 11 is 0. The molecule has 0 N–H and O–H groups in total. The van der Waals surface area contributed by atoms with E-state index in [1.54, 1.807) is 6.92 Å². The molecule has 0 saturated carbocycles. The number of carbonyl (C=O) groups is 1. The molecule has 186 valence electrons. The molecule has 0 spiro atoms. The first kappa shape index (κ1) is 23.3. The minimum absolute atomic E-state index is 0.0721. The average Bonchev–Trinajstić information content (AvgIpc) is 3.34. The fourth-order valence-electron chi connectivity index (χ4n) is 5.22. The highest BCUT2D eigenvalue weighted by atomic mass is 16.5. The van der Waals surface area contributed by atoms with Gasteiger partial charge in [-0.1, -0.05) is 60.2 Å². The van der Waals surface area contributed by atoms with Crippen molar-refractivity contribution in [1.29, 1.82) is 0 Å². The van der Waals surface area contributed by atoms with Crippen LogP contribution in [0.25, 0.3) is 10.8 Å². The van der Waals surface area contributed by atoms with E-state index in [-0.39, 0.29) is 11.9 Å². The Hall–Kier alpha value is -4.16. The van der Waals surface area contributed by atoms with Crippen LogP contribution in [0.5, 0.6) is 0 Å². The van der Waals surface area contributed by atoms with E-state index in [0.717, 1.165) is 59.7 Å². The summed E-state index contributed by atoms with van der Waals surface area (Å²) in [5.41, 5.74) is 5.30. The van der Waals surface area contributed by atoms with Crippen molar-refractivity contribution in [3.8, 4) is 0 Å². The molecule has 4 aromatic rings. The molecule has 1 unspecified atom stereocenters. The molecule has 2 heterocycles. The van der Waals surface area contributed by atoms with Gasteiger partial charge in [0.2, 0.25) is 0 Å². The minimum atomic E-state index is -0.318. The van der Waals surface area contributed by atoms with Gasteiger partial charge in [-0.05, 0) is 54.1 Å². The second-order valence-corrected chi connectivity index (χ2v) is 9.59. The molecule has 1 atom stereocenters. The lowest BCUT2D eigenvalue weighted by atomic mass is 10.0. The maximum absolute atomic E-state index is 13.0. The Kier molecular flexibility index (Phi) is 6.10. The maximum atomic E-state index is 13.0. The van der Waals surface area contributed by atoms with Crippen molar-refractivity contribution < 1.29 is 9.53 Å². The van der Waals surface area contributed by atoms with Gasteiger partial charge in [-0.3, -0.25) is 9.69 Å². The van der Waals surface area contributed by atoms with E-state index >= 15 is 0 Å². The summed E-state index contributed by atoms with van der Waals surface area (Å²) < 4.78 is 5.52. The quantitative estimate of drug-likeness (QED) is 0.348. The van der Waals surface area contributed by atoms with Gasteiger partial charge in [0.25, 0.3) is 0 Å². The second kappa shape index (κ2) is 9.71. The van der Waals surface area contributed by atoms with Crippen molar-refractivity contribution in [3.63, 3.8) is 0 Å². The van der Waals surface area contributed by atoms with Crippen LogP contribution in [0.4, 0.5) is 17.1 Å². The summed E-state index contributed by atoms with van der Waals surface area (Å²) in [5, 5.41) is 9.20. The summed E-state index contributed by atoms with van der Waals surface area (Å²) in [6.45, 7) is 6.90. The van der Waals surface area contributed by atoms with Crippen LogP contribution in [0.3, 0.4) is 0 Å². The molecule has 6 nitrogen and oxygen atoms in total. The lowest BCUT2D eigenvalue weighted by Gasteiger charge is -2.33. The van der Waals surface area contributed by atoms with Crippen LogP contribution in [-0.4, -0.2) is 37.9 Å². The normalized spacial score (nSPS) is 17.8. The number of nitrogens with zero attached hydrogens (tertiary/aromatic N) is 4. The molecule has 0 aromatic heterocycles. The SMILES string of the molecule is CC(=O)C1=NN(c2ccc(C)cc2)C(c2cccc3ccccc23)N1c1ccc(N2CCOCC2)cc1. The molecule has 2 aliphatic rings. The van der Waals surface area contributed by atoms with Crippen LogP contribution < -0.4 is 14.8 Å². The number of hydrogen-bond acceptors (Lipinski definition) is 6. The number of anilines is 3. The molecule has 0 amide bonds. The van der Waals surface area contributed by atoms with Crippen molar-refractivity contribution >= 4 is 39.5 Å². The molecule has 4 aromatic carbocycles. The highest BCUT2D eigenvalue weighted by Gasteiger charge is 2.40. The molecule has 1 fully saturated rings. The van der Waals surface area contributed by atoms with Gasteiger partial charge >= 0.3 is 0 Å². The minimum Gasteiger partial charge on any atom is -0.378 e. The van der Waals surface area contributed by atoms with Gasteiger partial charge in [0, 0.05) is 37.0 Å². The molecule has 6 heteroatoms. The number of hydrazone groups is 1. The highest BCUT2D eigenvalue weighted by Crippen LogP contribution is 2.41. The summed E-state index contributed by atoms with van der Waals surface area (Å²) in [6.07, 6.45) is -0.318. The van der Waals surface area contributed by atoms with Gasteiger partial charge in [-0.15, -0.1) is 5.10 Å². The zero-order chi connectivity index (χ0) is 25.4. The highest BCUT2D eigenvalue weighted by molar-refractivity contribution is 6.44. The van der Waals surface area contributed by atoms with Crippen molar-refractivity contribution in [2.45, 2.75) is 20.0 Å². The van der Waals surface area contributed by atoms with Crippen molar-refractivity contribution in [3.05, 3.63) is 102 Å². The Bertz CT molecular complexity index is 1450. The first-order chi connectivity index (χ1) is 18.1. The fourth-order valence-corrected chi connectivity index (χ4v) is 5.22. The first-order valence-corrected chi connectivity index (χ1v) is 12.8. The lowest BCUT2D eigenvalue weighted by molar-refractivity contribution is -0.111. The van der Waals surface area contributed by atoms with Crippen LogP contribution in [0, 0.1) is 6.92 Å². The van der Waals surface area contributed by atoms with Gasteiger partial charge in [-0.25, -0.2) is 5.01 Å². The van der Waals surface area contributed by atoms with E-state index in [2.05, 4.69) is 108 Å². The van der Waals surface area contributed by atoms with E-state index in [4.69, 9.17) is 9.84 Å². The van der Waals surface area contributed by atoms with Gasteiger partial charge < -0.3 is 9.64 Å². The predicted octanol–water partition coefficient (Wildman–Crippen LogP) is 5.91. The number of amidine groups is 1. The molecule has 0 radical (unpaired) electrons. The summed E-state index contributed by atoms with van der Waals surface area (Å²) in [4.78, 5) is 17.4. The largest absolute Gasteiger partial charge is 0.378 e. The Balaban J connectivity index is 1.49. The van der Waals surface area contributed by atoms with E-state index in [1.165, 1.54) is 5.56 Å². The Morgan fingerprint density at radius 3 is 2.19 bits per heavy atom. The number of morpholine rings is 1. The van der Waals surface area contributed by atoms with Crippen LogP contribution in [-0.2, 0) is 9.53 Å². The number of ether oxygens (including phenoxy) is 1. The Morgan fingerprint density at radius 1 is 0.811 bits per heavy atom. The van der Waals surface area contributed by atoms with E-state index in [9.17, 15) is 4.79 Å². The second-order valence-electron chi connectivity index (χ2n) is 9.59. The van der Waals surface area contributed by atoms with Gasteiger partial charge in [0.1, 0.15) is 0 Å². The smallest absolute Gasteiger partial charge is 0.198 e. The summed E-state index contributed by atoms with van der Waals surface area (Å²) in [6, 6.07) is 31.5. The lowest BCUT2D eigenvalue weighted by Crippen LogP contribution is -2.38. The van der Waals surface area contributed by atoms with Crippen molar-refractivity contribution in [1.82, 2.24) is 0 Å². The first-order valence-electron chi connectivity index (χ1n) is 12.8. The predicted molar refractivity (Wildman–Crippen MR) is 150 cm³/mol. The molecular formula is C31H30N4O2. The van der Waals surface area contributed by atoms with Crippen molar-refractivity contribution in [2.75, 3.05) is 41.1 Å². The van der Waals surface area contributed by atoms with Gasteiger partial charge in [0.05, 0.1) is 18.9 Å². The number of fused-ring (bicyclic) bond motifs is 1. The zero-order valence-electron chi connectivity index (χ0n) is 21.2. The molecule has 0 bridgehead atoms. The van der Waals surface area contributed by atoms with Gasteiger partial charge in [-0.2, -0.15) is 0 Å². The van der Waals surface area contributed by atoms with E-state index in [1.807, 2.05) is 5.01 Å². The third-order valence-corrected chi connectivity index (χ3v) is 7.13. The van der Waals surface area contributed by atoms with Crippen LogP contribution >= 0.6 is 0 Å². The van der Waals surface area contributed by atoms with Crippen molar-refractivity contribution in [2.24, 2.45) is 5.10 Å². The molecule has 0 aliphatic carbocycles. The fraction of sp³-hybridized carbons (Fsp3) is 0.226. The van der Waals surface area contributed by atoms with Crippen LogP contribution in [0.2, 0.25) is 0 Å². The average molecular weight is 491 g/mol. The number of aryl methyl sites for hydroxylation is 1. The van der Waals surface area contributed by atoms with Crippen LogP contribution in [0.15, 0.2) is 96.1 Å². The summed E-state index contributed by atoms with van der Waals surface area (Å²) in [5.74, 6) is 0.356. The summed E-state index contributed by atoms with van der Waals surface area (Å²) in [7, 11) is 0. The molecule has 6 rings (SSSR count). The Morgan fingerprint density at radius 2 is 1.46 bits per heavy atom. The third-order valence-electron chi connectivity index (χ3n) is 7.13. The monoisotopic (exact) mass is 490 g/mol. The number of carbonyl (C=O) groups excluding carboxylic acids is 1. The molecular weight excluding hydrogens is 460 g/mol. The van der Waals surface area contributed by atoms with Crippen LogP contribution in [0.1, 0.15) is 24.2 Å².